The molecule has 3 rings (SSSR count). The van der Waals surface area contributed by atoms with Crippen LogP contribution in [0.4, 0.5) is 11.4 Å². The van der Waals surface area contributed by atoms with Crippen LogP contribution in [0.15, 0.2) is 53.5 Å². The normalized spacial score (nSPS) is 16.4. The standard InChI is InChI=1S/C23H31N3/c1-5-25-14-16-26(17-15-25)22-12-10-21(11-13-22)24-18-19-6-8-20(9-7-19)23(2,3)4/h6-13,18H,5,14-17H2,1-4H3. The molecule has 1 fully saturated rings. The van der Waals surface area contributed by atoms with Gasteiger partial charge in [-0.05, 0) is 47.4 Å². The highest BCUT2D eigenvalue weighted by molar-refractivity contribution is 5.82. The van der Waals surface area contributed by atoms with Crippen molar-refractivity contribution in [2.45, 2.75) is 33.1 Å². The fourth-order valence-corrected chi connectivity index (χ4v) is 3.29. The van der Waals surface area contributed by atoms with E-state index in [-0.39, 0.29) is 5.41 Å². The summed E-state index contributed by atoms with van der Waals surface area (Å²) in [5, 5.41) is 0. The molecule has 3 heteroatoms. The summed E-state index contributed by atoms with van der Waals surface area (Å²) in [7, 11) is 0. The average Bonchev–Trinajstić information content (AvgIpc) is 2.66. The van der Waals surface area contributed by atoms with Gasteiger partial charge in [-0.25, -0.2) is 0 Å². The fourth-order valence-electron chi connectivity index (χ4n) is 3.29. The zero-order valence-corrected chi connectivity index (χ0v) is 16.6. The van der Waals surface area contributed by atoms with Crippen molar-refractivity contribution >= 4 is 17.6 Å². The highest BCUT2D eigenvalue weighted by Crippen LogP contribution is 2.23. The zero-order valence-electron chi connectivity index (χ0n) is 16.6. The lowest BCUT2D eigenvalue weighted by molar-refractivity contribution is 0.271. The van der Waals surface area contributed by atoms with Crippen molar-refractivity contribution in [1.82, 2.24) is 4.90 Å². The first-order valence-corrected chi connectivity index (χ1v) is 9.68. The second-order valence-electron chi connectivity index (χ2n) is 8.07. The van der Waals surface area contributed by atoms with Crippen molar-refractivity contribution in [3.8, 4) is 0 Å². The molecule has 1 aliphatic rings. The van der Waals surface area contributed by atoms with E-state index in [1.54, 1.807) is 0 Å². The Morgan fingerprint density at radius 3 is 2.04 bits per heavy atom. The van der Waals surface area contributed by atoms with Gasteiger partial charge in [-0.2, -0.15) is 0 Å². The van der Waals surface area contributed by atoms with E-state index in [0.717, 1.165) is 44.0 Å². The van der Waals surface area contributed by atoms with Crippen LogP contribution < -0.4 is 4.90 Å². The van der Waals surface area contributed by atoms with Gasteiger partial charge in [-0.15, -0.1) is 0 Å². The van der Waals surface area contributed by atoms with Crippen LogP contribution in [-0.4, -0.2) is 43.8 Å². The first kappa shape index (κ1) is 18.7. The van der Waals surface area contributed by atoms with E-state index < -0.39 is 0 Å². The van der Waals surface area contributed by atoms with Gasteiger partial charge in [-0.1, -0.05) is 52.0 Å². The molecule has 1 heterocycles. The summed E-state index contributed by atoms with van der Waals surface area (Å²) >= 11 is 0. The number of benzene rings is 2. The van der Waals surface area contributed by atoms with E-state index >= 15 is 0 Å². The van der Waals surface area contributed by atoms with Crippen LogP contribution in [0.25, 0.3) is 0 Å². The number of hydrogen-bond donors (Lipinski definition) is 0. The Bertz CT molecular complexity index is 716. The van der Waals surface area contributed by atoms with E-state index in [0.29, 0.717) is 0 Å². The minimum atomic E-state index is 0.189. The van der Waals surface area contributed by atoms with Crippen LogP contribution in [0, 0.1) is 0 Å². The number of nitrogens with zero attached hydrogens (tertiary/aromatic N) is 3. The number of aliphatic imine (C=N–C) groups is 1. The molecule has 26 heavy (non-hydrogen) atoms. The van der Waals surface area contributed by atoms with Crippen molar-refractivity contribution in [1.29, 1.82) is 0 Å². The molecule has 0 amide bonds. The molecule has 0 aliphatic carbocycles. The van der Waals surface area contributed by atoms with E-state index in [4.69, 9.17) is 0 Å². The van der Waals surface area contributed by atoms with Gasteiger partial charge in [0.15, 0.2) is 0 Å². The van der Waals surface area contributed by atoms with Crippen molar-refractivity contribution in [3.05, 3.63) is 59.7 Å². The summed E-state index contributed by atoms with van der Waals surface area (Å²) in [6.07, 6.45) is 1.95. The quantitative estimate of drug-likeness (QED) is 0.733. The zero-order chi connectivity index (χ0) is 18.6. The van der Waals surface area contributed by atoms with Gasteiger partial charge in [0.2, 0.25) is 0 Å². The predicted molar refractivity (Wildman–Crippen MR) is 113 cm³/mol. The van der Waals surface area contributed by atoms with Gasteiger partial charge in [0.25, 0.3) is 0 Å². The van der Waals surface area contributed by atoms with Crippen LogP contribution in [0.3, 0.4) is 0 Å². The molecule has 1 aliphatic heterocycles. The van der Waals surface area contributed by atoms with E-state index in [2.05, 4.69) is 91.0 Å². The van der Waals surface area contributed by atoms with Gasteiger partial charge in [0.05, 0.1) is 5.69 Å². The van der Waals surface area contributed by atoms with Crippen molar-refractivity contribution < 1.29 is 0 Å². The molecule has 1 saturated heterocycles. The lowest BCUT2D eigenvalue weighted by Crippen LogP contribution is -2.46. The predicted octanol–water partition coefficient (Wildman–Crippen LogP) is 4.88. The summed E-state index contributed by atoms with van der Waals surface area (Å²) in [4.78, 5) is 9.59. The Labute approximate surface area is 158 Å². The van der Waals surface area contributed by atoms with E-state index in [1.807, 2.05) is 6.21 Å². The average molecular weight is 350 g/mol. The fraction of sp³-hybridized carbons (Fsp3) is 0.435. The maximum Gasteiger partial charge on any atom is 0.0631 e. The Kier molecular flexibility index (Phi) is 5.77. The number of anilines is 1. The smallest absolute Gasteiger partial charge is 0.0631 e. The SMILES string of the molecule is CCN1CCN(c2ccc(N=Cc3ccc(C(C)(C)C)cc3)cc2)CC1. The first-order chi connectivity index (χ1) is 12.5. The molecular formula is C23H31N3. The van der Waals surface area contributed by atoms with Crippen LogP contribution in [0.5, 0.6) is 0 Å². The second-order valence-corrected chi connectivity index (χ2v) is 8.07. The topological polar surface area (TPSA) is 18.8 Å². The number of likely N-dealkylation sites (N-methyl/N-ethyl adjacent to an activating group) is 1. The van der Waals surface area contributed by atoms with E-state index in [1.165, 1.54) is 11.3 Å². The Balaban J connectivity index is 1.61. The van der Waals surface area contributed by atoms with E-state index in [9.17, 15) is 0 Å². The number of rotatable bonds is 4. The molecular weight excluding hydrogens is 318 g/mol. The maximum absolute atomic E-state index is 4.63. The minimum absolute atomic E-state index is 0.189. The molecule has 0 bridgehead atoms. The third-order valence-corrected chi connectivity index (χ3v) is 5.17. The van der Waals surface area contributed by atoms with Crippen LogP contribution in [0.1, 0.15) is 38.8 Å². The highest BCUT2D eigenvalue weighted by Gasteiger charge is 2.15. The van der Waals surface area contributed by atoms with Gasteiger partial charge in [-0.3, -0.25) is 4.99 Å². The third kappa shape index (κ3) is 4.73. The molecule has 3 nitrogen and oxygen atoms in total. The monoisotopic (exact) mass is 349 g/mol. The Morgan fingerprint density at radius 1 is 0.885 bits per heavy atom. The molecule has 0 spiro atoms. The summed E-state index contributed by atoms with van der Waals surface area (Å²) < 4.78 is 0. The van der Waals surface area contributed by atoms with Gasteiger partial charge in [0.1, 0.15) is 0 Å². The van der Waals surface area contributed by atoms with Gasteiger partial charge < -0.3 is 9.80 Å². The van der Waals surface area contributed by atoms with Crippen molar-refractivity contribution in [2.75, 3.05) is 37.6 Å². The molecule has 0 unspecified atom stereocenters. The number of piperazine rings is 1. The Morgan fingerprint density at radius 2 is 1.50 bits per heavy atom. The largest absolute Gasteiger partial charge is 0.369 e. The molecule has 0 atom stereocenters. The maximum atomic E-state index is 4.63. The third-order valence-electron chi connectivity index (χ3n) is 5.17. The molecule has 0 saturated carbocycles. The van der Waals surface area contributed by atoms with Gasteiger partial charge in [0, 0.05) is 38.1 Å². The Hall–Kier alpha value is -2.13. The number of hydrogen-bond acceptors (Lipinski definition) is 3. The summed E-state index contributed by atoms with van der Waals surface area (Å²) in [6.45, 7) is 14.6. The van der Waals surface area contributed by atoms with Crippen LogP contribution in [-0.2, 0) is 5.41 Å². The molecule has 0 radical (unpaired) electrons. The first-order valence-electron chi connectivity index (χ1n) is 9.68. The van der Waals surface area contributed by atoms with Crippen molar-refractivity contribution in [3.63, 3.8) is 0 Å². The van der Waals surface area contributed by atoms with Crippen LogP contribution in [0.2, 0.25) is 0 Å². The summed E-state index contributed by atoms with van der Waals surface area (Å²) in [5.41, 5.74) is 4.98. The lowest BCUT2D eigenvalue weighted by Gasteiger charge is -2.35. The highest BCUT2D eigenvalue weighted by atomic mass is 15.3. The minimum Gasteiger partial charge on any atom is -0.369 e. The molecule has 2 aromatic carbocycles. The molecule has 138 valence electrons. The van der Waals surface area contributed by atoms with Crippen molar-refractivity contribution in [2.24, 2.45) is 4.99 Å². The van der Waals surface area contributed by atoms with Crippen LogP contribution >= 0.6 is 0 Å². The van der Waals surface area contributed by atoms with Gasteiger partial charge >= 0.3 is 0 Å². The lowest BCUT2D eigenvalue weighted by atomic mass is 9.87. The summed E-state index contributed by atoms with van der Waals surface area (Å²) in [5.74, 6) is 0. The second kappa shape index (κ2) is 8.05. The summed E-state index contributed by atoms with van der Waals surface area (Å²) in [6, 6.07) is 17.3. The molecule has 0 N–H and O–H groups in total. The molecule has 2 aromatic rings. The molecule has 0 aromatic heterocycles.